The number of aromatic nitrogens is 4. The zero-order chi connectivity index (χ0) is 43.9. The number of anilines is 1. The lowest BCUT2D eigenvalue weighted by molar-refractivity contribution is -0.388. The van der Waals surface area contributed by atoms with Crippen molar-refractivity contribution in [3.63, 3.8) is 0 Å². The van der Waals surface area contributed by atoms with Crippen LogP contribution in [-0.2, 0) is 14.8 Å². The Hall–Kier alpha value is -4.97. The monoisotopic (exact) mass is 944 g/mol. The predicted octanol–water partition coefficient (Wildman–Crippen LogP) is 9.31. The molecule has 3 aromatic heterocycles. The lowest BCUT2D eigenvalue weighted by atomic mass is 9.72. The Bertz CT molecular complexity index is 2850. The van der Waals surface area contributed by atoms with Crippen LogP contribution in [0.3, 0.4) is 0 Å². The standard InChI is InChI=1S/C46H49ClN8O6S2.ClH/c1-46(2)15-11-33(38(26-46)31-3-5-34(47)6-4-31)28-52-17-19-53(20-18-52)35-7-9-37(40(24-35)54-41-23-32-12-16-48-44(32)50-39(41)27-49-54)45(56)51-63(59,60)36-8-10-43(42(25-36)55(57)58)62-29-30-13-21-61-22-14-30;/h3-10,12,16,23-25,27,30,49H,11,13-15,17-22,26,28-29H2,1-2H3,(H,51,56);1H. The number of aromatic amines is 1. The van der Waals surface area contributed by atoms with Gasteiger partial charge in [0.25, 0.3) is 21.6 Å². The highest BCUT2D eigenvalue weighted by atomic mass is 35.5. The molecule has 2 saturated heterocycles. The van der Waals surface area contributed by atoms with E-state index in [1.807, 2.05) is 36.4 Å². The van der Waals surface area contributed by atoms with E-state index >= 15 is 0 Å². The summed E-state index contributed by atoms with van der Waals surface area (Å²) in [4.78, 5) is 39.6. The van der Waals surface area contributed by atoms with Gasteiger partial charge in [-0.3, -0.25) is 29.6 Å². The van der Waals surface area contributed by atoms with E-state index in [0.29, 0.717) is 52.1 Å². The van der Waals surface area contributed by atoms with Gasteiger partial charge in [0.2, 0.25) is 0 Å². The summed E-state index contributed by atoms with van der Waals surface area (Å²) in [6.07, 6.45) is 8.34. The molecule has 3 aromatic carbocycles. The van der Waals surface area contributed by atoms with E-state index in [-0.39, 0.29) is 34.0 Å². The van der Waals surface area contributed by atoms with Crippen molar-refractivity contribution in [2.75, 3.05) is 56.6 Å². The Morgan fingerprint density at radius 3 is 2.55 bits per heavy atom. The molecule has 5 heterocycles. The summed E-state index contributed by atoms with van der Waals surface area (Å²) >= 11 is 7.58. The van der Waals surface area contributed by atoms with Gasteiger partial charge in [0, 0.05) is 86.2 Å². The van der Waals surface area contributed by atoms with Crippen molar-refractivity contribution >= 4 is 90.7 Å². The Morgan fingerprint density at radius 2 is 1.80 bits per heavy atom. The minimum absolute atomic E-state index is 0. The van der Waals surface area contributed by atoms with Crippen LogP contribution in [0, 0.1) is 21.4 Å². The normalized spacial score (nSPS) is 17.5. The van der Waals surface area contributed by atoms with E-state index in [0.717, 1.165) is 87.0 Å². The first-order valence-corrected chi connectivity index (χ1v) is 24.1. The first-order valence-electron chi connectivity index (χ1n) is 21.3. The number of amides is 1. The van der Waals surface area contributed by atoms with Crippen LogP contribution < -0.4 is 9.62 Å². The number of hydrogen-bond donors (Lipinski definition) is 2. The van der Waals surface area contributed by atoms with Crippen molar-refractivity contribution in [3.05, 3.63) is 117 Å². The van der Waals surface area contributed by atoms with Crippen LogP contribution in [0.2, 0.25) is 5.02 Å². The molecule has 1 aliphatic carbocycles. The number of piperazine rings is 1. The maximum atomic E-state index is 14.2. The highest BCUT2D eigenvalue weighted by Gasteiger charge is 2.31. The van der Waals surface area contributed by atoms with E-state index in [1.54, 1.807) is 23.1 Å². The number of fused-ring (bicyclic) bond motifs is 2. The van der Waals surface area contributed by atoms with Crippen LogP contribution in [0.4, 0.5) is 11.4 Å². The summed E-state index contributed by atoms with van der Waals surface area (Å²) in [6.45, 7) is 10.0. The first kappa shape index (κ1) is 45.6. The van der Waals surface area contributed by atoms with Crippen molar-refractivity contribution in [1.82, 2.24) is 29.4 Å². The molecular formula is C46H50Cl2N8O6S2. The second-order valence-electron chi connectivity index (χ2n) is 17.4. The van der Waals surface area contributed by atoms with Crippen molar-refractivity contribution < 1.29 is 22.9 Å². The van der Waals surface area contributed by atoms with E-state index in [9.17, 15) is 23.3 Å². The van der Waals surface area contributed by atoms with Gasteiger partial charge >= 0.3 is 0 Å². The van der Waals surface area contributed by atoms with E-state index < -0.39 is 20.9 Å². The van der Waals surface area contributed by atoms with Gasteiger partial charge in [-0.2, -0.15) is 0 Å². The number of rotatable bonds is 12. The zero-order valence-corrected chi connectivity index (χ0v) is 38.8. The van der Waals surface area contributed by atoms with Crippen LogP contribution in [0.15, 0.2) is 101 Å². The first-order chi connectivity index (χ1) is 30.3. The number of nitrogens with one attached hydrogen (secondary N) is 2. The van der Waals surface area contributed by atoms with Crippen LogP contribution >= 0.6 is 35.8 Å². The molecule has 3 aliphatic rings. The minimum atomic E-state index is -4.54. The van der Waals surface area contributed by atoms with Gasteiger partial charge in [-0.15, -0.1) is 24.2 Å². The fourth-order valence-corrected chi connectivity index (χ4v) is 11.2. The summed E-state index contributed by atoms with van der Waals surface area (Å²) in [6, 6.07) is 21.1. The molecule has 14 nitrogen and oxygen atoms in total. The molecule has 0 radical (unpaired) electrons. The molecule has 0 saturated carbocycles. The van der Waals surface area contributed by atoms with E-state index in [4.69, 9.17) is 16.3 Å². The smallest absolute Gasteiger partial charge is 0.284 e. The number of nitro groups is 1. The number of thioether (sulfide) groups is 1. The highest BCUT2D eigenvalue weighted by Crippen LogP contribution is 2.43. The Morgan fingerprint density at radius 1 is 1.03 bits per heavy atom. The summed E-state index contributed by atoms with van der Waals surface area (Å²) < 4.78 is 37.0. The summed E-state index contributed by atoms with van der Waals surface area (Å²) in [7, 11) is -4.54. The molecule has 336 valence electrons. The quantitative estimate of drug-likeness (QED) is 0.0682. The molecule has 9 rings (SSSR count). The number of benzene rings is 3. The maximum Gasteiger partial charge on any atom is 0.284 e. The number of H-pyrrole nitrogens is 1. The van der Waals surface area contributed by atoms with Crippen molar-refractivity contribution in [2.45, 2.75) is 55.7 Å². The van der Waals surface area contributed by atoms with Gasteiger partial charge < -0.3 is 9.64 Å². The van der Waals surface area contributed by atoms with Gasteiger partial charge in [0.1, 0.15) is 5.52 Å². The van der Waals surface area contributed by atoms with Crippen LogP contribution in [0.1, 0.15) is 61.9 Å². The maximum absolute atomic E-state index is 14.2. The Balaban J connectivity index is 0.00000560. The fraction of sp³-hybridized carbons (Fsp3) is 0.370. The molecule has 2 fully saturated rings. The molecular weight excluding hydrogens is 896 g/mol. The second kappa shape index (κ2) is 18.9. The van der Waals surface area contributed by atoms with Crippen molar-refractivity contribution in [1.29, 1.82) is 0 Å². The average molecular weight is 946 g/mol. The van der Waals surface area contributed by atoms with Crippen LogP contribution in [0.5, 0.6) is 0 Å². The Kier molecular flexibility index (Phi) is 13.4. The number of pyridine rings is 1. The third-order valence-corrected chi connectivity index (χ3v) is 15.4. The molecule has 0 spiro atoms. The number of ether oxygens (including phenoxy) is 1. The number of halogens is 2. The molecule has 1 amide bonds. The number of carbonyl (C=O) groups excluding carboxylic acids is 1. The van der Waals surface area contributed by atoms with Gasteiger partial charge in [-0.1, -0.05) is 43.2 Å². The number of sulfonamides is 1. The molecule has 2 N–H and O–H groups in total. The summed E-state index contributed by atoms with van der Waals surface area (Å²) in [5, 5.41) is 16.9. The number of nitro benzene ring substituents is 1. The van der Waals surface area contributed by atoms with Gasteiger partial charge in [0.05, 0.1) is 31.5 Å². The zero-order valence-electron chi connectivity index (χ0n) is 35.6. The van der Waals surface area contributed by atoms with Crippen LogP contribution in [0.25, 0.3) is 33.3 Å². The van der Waals surface area contributed by atoms with Crippen LogP contribution in [-0.4, -0.2) is 95.6 Å². The van der Waals surface area contributed by atoms with E-state index in [1.165, 1.54) is 40.6 Å². The molecule has 0 bridgehead atoms. The molecule has 18 heteroatoms. The topological polar surface area (TPSA) is 169 Å². The number of carbonyl (C=O) groups is 1. The predicted molar refractivity (Wildman–Crippen MR) is 255 cm³/mol. The molecule has 6 aromatic rings. The second-order valence-corrected chi connectivity index (χ2v) is 20.6. The third-order valence-electron chi connectivity index (χ3n) is 12.5. The Labute approximate surface area is 387 Å². The molecule has 2 aliphatic heterocycles. The van der Waals surface area contributed by atoms with Gasteiger partial charge in [0.15, 0.2) is 5.65 Å². The largest absolute Gasteiger partial charge is 0.381 e. The minimum Gasteiger partial charge on any atom is -0.381 e. The number of nitrogens with zero attached hydrogens (tertiary/aromatic N) is 6. The summed E-state index contributed by atoms with van der Waals surface area (Å²) in [5.41, 5.74) is 7.24. The number of hydrogen-bond acceptors (Lipinski definition) is 11. The van der Waals surface area contributed by atoms with Gasteiger partial charge in [-0.05, 0) is 109 Å². The summed E-state index contributed by atoms with van der Waals surface area (Å²) in [5.74, 6) is 0.112. The molecule has 0 atom stereocenters. The van der Waals surface area contributed by atoms with Crippen molar-refractivity contribution in [3.8, 4) is 5.69 Å². The lowest BCUT2D eigenvalue weighted by Gasteiger charge is -2.39. The SMILES string of the molecule is CC1(C)CCC(CN2CCN(c3ccc(C(=O)NS(=O)(=O)c4ccc(SCC5CCOCC5)c([N+](=O)[O-])c4)c(-n4[nH]cc5nc6nccc6cc54)c3)CC2)=C(c2ccc(Cl)cc2)C1.Cl. The van der Waals surface area contributed by atoms with Crippen molar-refractivity contribution in [2.24, 2.45) is 11.3 Å². The van der Waals surface area contributed by atoms with Gasteiger partial charge in [-0.25, -0.2) is 23.1 Å². The number of allylic oxidation sites excluding steroid dienone is 1. The highest BCUT2D eigenvalue weighted by molar-refractivity contribution is 7.99. The fourth-order valence-electron chi connectivity index (χ4n) is 8.89. The molecule has 0 unspecified atom stereocenters. The lowest BCUT2D eigenvalue weighted by Crippen LogP contribution is -2.47. The third kappa shape index (κ3) is 9.82. The van der Waals surface area contributed by atoms with E-state index in [2.05, 4.69) is 55.6 Å². The molecule has 64 heavy (non-hydrogen) atoms. The average Bonchev–Trinajstić information content (AvgIpc) is 3.92.